The fourth-order valence-electron chi connectivity index (χ4n) is 3.15. The van der Waals surface area contributed by atoms with Crippen molar-refractivity contribution in [3.63, 3.8) is 0 Å². The lowest BCUT2D eigenvalue weighted by atomic mass is 9.91. The summed E-state index contributed by atoms with van der Waals surface area (Å²) in [6.07, 6.45) is -4.43. The van der Waals surface area contributed by atoms with Crippen LogP contribution in [-0.2, 0) is 17.3 Å². The minimum atomic E-state index is -4.69. The van der Waals surface area contributed by atoms with E-state index in [2.05, 4.69) is 19.7 Å². The standard InChI is InChI=1S/C20H18F3N3O3/c1-10(8-12-4-6-13(7-5-12)19(28)29-3)14-9-15-17(24-11(2)25-18(15)27)26-16(14)20(21,22)23/h4-7,9-10H,8H2,1-3H3,(H,24,25,26,27). The number of alkyl halides is 3. The van der Waals surface area contributed by atoms with Gasteiger partial charge in [-0.2, -0.15) is 13.2 Å². The molecule has 0 aliphatic heterocycles. The van der Waals surface area contributed by atoms with E-state index in [-0.39, 0.29) is 28.8 Å². The highest BCUT2D eigenvalue weighted by Gasteiger charge is 2.37. The second-order valence-corrected chi connectivity index (χ2v) is 6.74. The van der Waals surface area contributed by atoms with Gasteiger partial charge in [-0.05, 0) is 48.6 Å². The number of aryl methyl sites for hydroxylation is 1. The first-order chi connectivity index (χ1) is 13.6. The molecule has 0 saturated heterocycles. The number of rotatable bonds is 4. The second-order valence-electron chi connectivity index (χ2n) is 6.74. The number of hydrogen-bond donors (Lipinski definition) is 1. The molecule has 3 aromatic rings. The van der Waals surface area contributed by atoms with Gasteiger partial charge in [0.2, 0.25) is 0 Å². The summed E-state index contributed by atoms with van der Waals surface area (Å²) in [6.45, 7) is 3.10. The normalized spacial score (nSPS) is 12.8. The molecule has 0 aliphatic carbocycles. The molecular weight excluding hydrogens is 387 g/mol. The molecule has 0 amide bonds. The smallest absolute Gasteiger partial charge is 0.433 e. The predicted molar refractivity (Wildman–Crippen MR) is 99.8 cm³/mol. The number of nitrogens with zero attached hydrogens (tertiary/aromatic N) is 2. The maximum absolute atomic E-state index is 13.6. The van der Waals surface area contributed by atoms with Crippen molar-refractivity contribution in [2.24, 2.45) is 0 Å². The van der Waals surface area contributed by atoms with Crippen LogP contribution in [0.3, 0.4) is 0 Å². The van der Waals surface area contributed by atoms with E-state index in [4.69, 9.17) is 0 Å². The van der Waals surface area contributed by atoms with Crippen LogP contribution in [0.4, 0.5) is 13.2 Å². The minimum absolute atomic E-state index is 0.00601. The molecule has 0 bridgehead atoms. The molecule has 1 N–H and O–H groups in total. The Hall–Kier alpha value is -3.23. The molecular formula is C20H18F3N3O3. The van der Waals surface area contributed by atoms with E-state index in [1.54, 1.807) is 31.2 Å². The summed E-state index contributed by atoms with van der Waals surface area (Å²) in [4.78, 5) is 33.7. The number of esters is 1. The summed E-state index contributed by atoms with van der Waals surface area (Å²) in [5, 5.41) is 0.00601. The largest absolute Gasteiger partial charge is 0.465 e. The van der Waals surface area contributed by atoms with Crippen molar-refractivity contribution in [2.45, 2.75) is 32.4 Å². The lowest BCUT2D eigenvalue weighted by Crippen LogP contribution is -2.18. The van der Waals surface area contributed by atoms with Gasteiger partial charge in [0, 0.05) is 0 Å². The van der Waals surface area contributed by atoms with E-state index in [1.165, 1.54) is 20.1 Å². The van der Waals surface area contributed by atoms with E-state index in [0.29, 0.717) is 5.56 Å². The van der Waals surface area contributed by atoms with E-state index in [9.17, 15) is 22.8 Å². The number of carbonyl (C=O) groups excluding carboxylic acids is 1. The molecule has 0 fully saturated rings. The topological polar surface area (TPSA) is 84.9 Å². The van der Waals surface area contributed by atoms with Gasteiger partial charge in [-0.25, -0.2) is 14.8 Å². The third kappa shape index (κ3) is 4.28. The number of nitrogens with one attached hydrogen (secondary N) is 1. The fourth-order valence-corrected chi connectivity index (χ4v) is 3.15. The molecule has 152 valence electrons. The number of hydrogen-bond acceptors (Lipinski definition) is 5. The molecule has 9 heteroatoms. The van der Waals surface area contributed by atoms with Gasteiger partial charge in [0.05, 0.1) is 18.1 Å². The van der Waals surface area contributed by atoms with Crippen LogP contribution in [0, 0.1) is 6.92 Å². The number of benzene rings is 1. The van der Waals surface area contributed by atoms with Gasteiger partial charge >= 0.3 is 12.1 Å². The molecule has 2 aromatic heterocycles. The van der Waals surface area contributed by atoms with E-state index < -0.39 is 29.3 Å². The van der Waals surface area contributed by atoms with Crippen LogP contribution in [0.1, 0.15) is 45.8 Å². The van der Waals surface area contributed by atoms with Crippen molar-refractivity contribution in [2.75, 3.05) is 7.11 Å². The Morgan fingerprint density at radius 1 is 1.21 bits per heavy atom. The zero-order chi connectivity index (χ0) is 21.3. The van der Waals surface area contributed by atoms with Crippen molar-refractivity contribution < 1.29 is 22.7 Å². The molecule has 1 unspecified atom stereocenters. The SMILES string of the molecule is COC(=O)c1ccc(CC(C)c2cc3c(=O)[nH]c(C)nc3nc2C(F)(F)F)cc1. The lowest BCUT2D eigenvalue weighted by Gasteiger charge is -2.18. The Morgan fingerprint density at radius 3 is 2.45 bits per heavy atom. The third-order valence-corrected chi connectivity index (χ3v) is 4.56. The van der Waals surface area contributed by atoms with Gasteiger partial charge in [-0.1, -0.05) is 19.1 Å². The Bertz CT molecular complexity index is 1120. The fraction of sp³-hybridized carbons (Fsp3) is 0.300. The van der Waals surface area contributed by atoms with Crippen LogP contribution < -0.4 is 5.56 Å². The van der Waals surface area contributed by atoms with Crippen LogP contribution in [0.5, 0.6) is 0 Å². The number of H-pyrrole nitrogens is 1. The van der Waals surface area contributed by atoms with Crippen molar-refractivity contribution in [3.8, 4) is 0 Å². The molecule has 0 radical (unpaired) electrons. The molecule has 29 heavy (non-hydrogen) atoms. The monoisotopic (exact) mass is 405 g/mol. The van der Waals surface area contributed by atoms with Crippen molar-refractivity contribution in [1.29, 1.82) is 0 Å². The third-order valence-electron chi connectivity index (χ3n) is 4.56. The molecule has 1 atom stereocenters. The van der Waals surface area contributed by atoms with Gasteiger partial charge in [0.1, 0.15) is 11.5 Å². The van der Waals surface area contributed by atoms with Crippen molar-refractivity contribution in [3.05, 3.63) is 68.9 Å². The number of methoxy groups -OCH3 is 1. The zero-order valence-electron chi connectivity index (χ0n) is 15.9. The first-order valence-corrected chi connectivity index (χ1v) is 8.76. The quantitative estimate of drug-likeness (QED) is 0.668. The number of ether oxygens (including phenoxy) is 1. The minimum Gasteiger partial charge on any atom is -0.465 e. The predicted octanol–water partition coefficient (Wildman–Crippen LogP) is 3.78. The Labute approximate surface area is 163 Å². The first-order valence-electron chi connectivity index (χ1n) is 8.76. The Morgan fingerprint density at radius 2 is 1.86 bits per heavy atom. The van der Waals surface area contributed by atoms with Gasteiger partial charge in [-0.3, -0.25) is 4.79 Å². The van der Waals surface area contributed by atoms with Gasteiger partial charge in [0.15, 0.2) is 5.65 Å². The van der Waals surface area contributed by atoms with E-state index >= 15 is 0 Å². The first kappa shape index (κ1) is 20.5. The summed E-state index contributed by atoms with van der Waals surface area (Å²) < 4.78 is 45.5. The second kappa shape index (κ2) is 7.65. The average molecular weight is 405 g/mol. The van der Waals surface area contributed by atoms with Crippen LogP contribution in [-0.4, -0.2) is 28.0 Å². The van der Waals surface area contributed by atoms with Crippen molar-refractivity contribution >= 4 is 17.0 Å². The number of halogens is 3. The van der Waals surface area contributed by atoms with Crippen LogP contribution in [0.15, 0.2) is 35.1 Å². The molecule has 2 heterocycles. The van der Waals surface area contributed by atoms with Crippen LogP contribution in [0.2, 0.25) is 0 Å². The molecule has 0 spiro atoms. The van der Waals surface area contributed by atoms with E-state index in [0.717, 1.165) is 5.56 Å². The molecule has 6 nitrogen and oxygen atoms in total. The number of carbonyl (C=O) groups is 1. The molecule has 0 aliphatic rings. The van der Waals surface area contributed by atoms with E-state index in [1.807, 2.05) is 0 Å². The summed E-state index contributed by atoms with van der Waals surface area (Å²) in [5.41, 5.74) is -0.838. The molecule has 0 saturated carbocycles. The summed E-state index contributed by atoms with van der Waals surface area (Å²) in [7, 11) is 1.27. The average Bonchev–Trinajstić information content (AvgIpc) is 2.66. The van der Waals surface area contributed by atoms with Crippen molar-refractivity contribution in [1.82, 2.24) is 15.0 Å². The highest BCUT2D eigenvalue weighted by molar-refractivity contribution is 5.89. The summed E-state index contributed by atoms with van der Waals surface area (Å²) in [5.74, 6) is -0.896. The van der Waals surface area contributed by atoms with Gasteiger partial charge in [-0.15, -0.1) is 0 Å². The Kier molecular flexibility index (Phi) is 5.41. The lowest BCUT2D eigenvalue weighted by molar-refractivity contribution is -0.141. The number of aromatic amines is 1. The number of fused-ring (bicyclic) bond motifs is 1. The Balaban J connectivity index is 2.03. The van der Waals surface area contributed by atoms with Gasteiger partial charge in [0.25, 0.3) is 5.56 Å². The van der Waals surface area contributed by atoms with Crippen LogP contribution >= 0.6 is 0 Å². The summed E-state index contributed by atoms with van der Waals surface area (Å²) in [6, 6.07) is 7.62. The maximum atomic E-state index is 13.6. The zero-order valence-corrected chi connectivity index (χ0v) is 15.9. The highest BCUT2D eigenvalue weighted by Crippen LogP contribution is 2.36. The highest BCUT2D eigenvalue weighted by atomic mass is 19.4. The summed E-state index contributed by atoms with van der Waals surface area (Å²) >= 11 is 0. The molecule has 1 aromatic carbocycles. The van der Waals surface area contributed by atoms with Gasteiger partial charge < -0.3 is 9.72 Å². The number of aromatic nitrogens is 3. The van der Waals surface area contributed by atoms with Crippen LogP contribution in [0.25, 0.3) is 11.0 Å². The number of pyridine rings is 1. The molecule has 3 rings (SSSR count). The maximum Gasteiger partial charge on any atom is 0.433 e.